The zero-order valence-electron chi connectivity index (χ0n) is 11.7. The number of aliphatic carboxylic acids is 1. The molecule has 2 amide bonds. The van der Waals surface area contributed by atoms with Crippen LogP contribution in [-0.4, -0.2) is 34.7 Å². The van der Waals surface area contributed by atoms with Gasteiger partial charge in [-0.25, -0.2) is 0 Å². The largest absolute Gasteiger partial charge is 0.481 e. The third kappa shape index (κ3) is 3.55. The lowest BCUT2D eigenvalue weighted by molar-refractivity contribution is -0.141. The maximum atomic E-state index is 12.1. The smallest absolute Gasteiger partial charge is 0.308 e. The molecule has 0 spiro atoms. The summed E-state index contributed by atoms with van der Waals surface area (Å²) in [5, 5.41) is 14.3. The van der Waals surface area contributed by atoms with E-state index in [1.807, 2.05) is 0 Å². The quantitative estimate of drug-likeness (QED) is 0.784. The van der Waals surface area contributed by atoms with Crippen LogP contribution in [0, 0.1) is 5.92 Å². The van der Waals surface area contributed by atoms with E-state index in [0.29, 0.717) is 17.0 Å². The van der Waals surface area contributed by atoms with Gasteiger partial charge in [0.05, 0.1) is 17.4 Å². The second-order valence-corrected chi connectivity index (χ2v) is 5.95. The molecule has 0 bridgehead atoms. The van der Waals surface area contributed by atoms with E-state index < -0.39 is 17.9 Å². The lowest BCUT2D eigenvalue weighted by Gasteiger charge is -2.19. The molecule has 0 fully saturated rings. The number of carbonyl (C=O) groups is 3. The first-order valence-corrected chi connectivity index (χ1v) is 7.47. The number of carboxylic acids is 1. The van der Waals surface area contributed by atoms with Crippen molar-refractivity contribution in [2.45, 2.75) is 24.8 Å². The van der Waals surface area contributed by atoms with Crippen LogP contribution in [0.5, 0.6) is 0 Å². The Morgan fingerprint density at radius 2 is 2.10 bits per heavy atom. The maximum absolute atomic E-state index is 12.1. The van der Waals surface area contributed by atoms with Crippen LogP contribution in [0.4, 0.5) is 5.69 Å². The molecule has 112 valence electrons. The van der Waals surface area contributed by atoms with Gasteiger partial charge in [0.25, 0.3) is 5.91 Å². The topological polar surface area (TPSA) is 95.5 Å². The SMILES string of the molecule is CC(NC(=O)c1ccc2c(c1)NC(=O)CS2)C(C)C(=O)O. The molecular formula is C14H16N2O4S. The molecule has 1 aromatic carbocycles. The van der Waals surface area contributed by atoms with Crippen molar-refractivity contribution in [2.75, 3.05) is 11.1 Å². The molecule has 0 saturated heterocycles. The summed E-state index contributed by atoms with van der Waals surface area (Å²) < 4.78 is 0. The fraction of sp³-hybridized carbons (Fsp3) is 0.357. The van der Waals surface area contributed by atoms with Crippen molar-refractivity contribution in [3.05, 3.63) is 23.8 Å². The van der Waals surface area contributed by atoms with Crippen LogP contribution in [-0.2, 0) is 9.59 Å². The highest BCUT2D eigenvalue weighted by atomic mass is 32.2. The van der Waals surface area contributed by atoms with Crippen LogP contribution in [0.25, 0.3) is 0 Å². The highest BCUT2D eigenvalue weighted by molar-refractivity contribution is 8.00. The molecule has 1 heterocycles. The lowest BCUT2D eigenvalue weighted by Crippen LogP contribution is -2.40. The minimum atomic E-state index is -0.961. The summed E-state index contributed by atoms with van der Waals surface area (Å²) in [6, 6.07) is 4.55. The van der Waals surface area contributed by atoms with E-state index in [0.717, 1.165) is 4.90 Å². The number of thioether (sulfide) groups is 1. The fourth-order valence-corrected chi connectivity index (χ4v) is 2.64. The molecule has 1 aromatic rings. The van der Waals surface area contributed by atoms with E-state index in [2.05, 4.69) is 10.6 Å². The standard InChI is InChI=1S/C14H16N2O4S/c1-7(14(19)20)8(2)15-13(18)9-3-4-11-10(5-9)16-12(17)6-21-11/h3-5,7-8H,6H2,1-2H3,(H,15,18)(H,16,17)(H,19,20). The average Bonchev–Trinajstić information content (AvgIpc) is 2.45. The van der Waals surface area contributed by atoms with Crippen molar-refractivity contribution in [1.29, 1.82) is 0 Å². The third-order valence-electron chi connectivity index (χ3n) is 3.37. The normalized spacial score (nSPS) is 16.4. The Morgan fingerprint density at radius 3 is 2.76 bits per heavy atom. The van der Waals surface area contributed by atoms with Gasteiger partial charge in [0, 0.05) is 16.5 Å². The Bertz CT molecular complexity index is 603. The Hall–Kier alpha value is -2.02. The molecule has 1 aliphatic rings. The predicted octanol–water partition coefficient (Wildman–Crippen LogP) is 1.57. The molecule has 7 heteroatoms. The van der Waals surface area contributed by atoms with Crippen LogP contribution in [0.2, 0.25) is 0 Å². The molecule has 0 aromatic heterocycles. The molecule has 21 heavy (non-hydrogen) atoms. The molecule has 6 nitrogen and oxygen atoms in total. The van der Waals surface area contributed by atoms with Gasteiger partial charge < -0.3 is 15.7 Å². The van der Waals surface area contributed by atoms with E-state index in [1.165, 1.54) is 18.7 Å². The first-order valence-electron chi connectivity index (χ1n) is 6.49. The van der Waals surface area contributed by atoms with Gasteiger partial charge in [0.1, 0.15) is 0 Å². The highest BCUT2D eigenvalue weighted by Crippen LogP contribution is 2.31. The van der Waals surface area contributed by atoms with Crippen molar-refractivity contribution in [2.24, 2.45) is 5.92 Å². The van der Waals surface area contributed by atoms with E-state index >= 15 is 0 Å². The Balaban J connectivity index is 2.11. The molecule has 0 saturated carbocycles. The van der Waals surface area contributed by atoms with Crippen LogP contribution in [0.3, 0.4) is 0 Å². The summed E-state index contributed by atoms with van der Waals surface area (Å²) in [6.45, 7) is 3.18. The van der Waals surface area contributed by atoms with Crippen molar-refractivity contribution in [3.8, 4) is 0 Å². The molecule has 0 aliphatic carbocycles. The van der Waals surface area contributed by atoms with Crippen LogP contribution >= 0.6 is 11.8 Å². The molecule has 2 unspecified atom stereocenters. The Kier molecular flexibility index (Phi) is 4.52. The van der Waals surface area contributed by atoms with Crippen LogP contribution < -0.4 is 10.6 Å². The average molecular weight is 308 g/mol. The predicted molar refractivity (Wildman–Crippen MR) is 79.5 cm³/mol. The van der Waals surface area contributed by atoms with Gasteiger partial charge in [-0.3, -0.25) is 14.4 Å². The molecule has 2 atom stereocenters. The highest BCUT2D eigenvalue weighted by Gasteiger charge is 2.22. The van der Waals surface area contributed by atoms with Gasteiger partial charge in [-0.15, -0.1) is 11.8 Å². The second kappa shape index (κ2) is 6.17. The van der Waals surface area contributed by atoms with E-state index in [9.17, 15) is 14.4 Å². The lowest BCUT2D eigenvalue weighted by atomic mass is 10.0. The van der Waals surface area contributed by atoms with Crippen LogP contribution in [0.15, 0.2) is 23.1 Å². The number of hydrogen-bond donors (Lipinski definition) is 3. The van der Waals surface area contributed by atoms with E-state index in [1.54, 1.807) is 25.1 Å². The molecule has 1 aliphatic heterocycles. The number of anilines is 1. The van der Waals surface area contributed by atoms with Gasteiger partial charge in [0.2, 0.25) is 5.91 Å². The number of carboxylic acid groups (broad SMARTS) is 1. The van der Waals surface area contributed by atoms with Crippen LogP contribution in [0.1, 0.15) is 24.2 Å². The van der Waals surface area contributed by atoms with Crippen molar-refractivity contribution < 1.29 is 19.5 Å². The number of hydrogen-bond acceptors (Lipinski definition) is 4. The number of nitrogens with one attached hydrogen (secondary N) is 2. The molecule has 0 radical (unpaired) electrons. The third-order valence-corrected chi connectivity index (χ3v) is 4.45. The first-order chi connectivity index (χ1) is 9.88. The number of rotatable bonds is 4. The van der Waals surface area contributed by atoms with Gasteiger partial charge in [-0.2, -0.15) is 0 Å². The summed E-state index contributed by atoms with van der Waals surface area (Å²) in [7, 11) is 0. The minimum Gasteiger partial charge on any atom is -0.481 e. The van der Waals surface area contributed by atoms with E-state index in [-0.39, 0.29) is 11.8 Å². The summed E-state index contributed by atoms with van der Waals surface area (Å²) in [5.74, 6) is -1.73. The molecule has 3 N–H and O–H groups in total. The Morgan fingerprint density at radius 1 is 1.38 bits per heavy atom. The number of benzene rings is 1. The first kappa shape index (κ1) is 15.4. The van der Waals surface area contributed by atoms with Gasteiger partial charge in [-0.05, 0) is 32.0 Å². The number of carbonyl (C=O) groups excluding carboxylic acids is 2. The minimum absolute atomic E-state index is 0.0991. The summed E-state index contributed by atoms with van der Waals surface area (Å²) in [4.78, 5) is 35.3. The second-order valence-electron chi connectivity index (χ2n) is 4.94. The number of fused-ring (bicyclic) bond motifs is 1. The Labute approximate surface area is 126 Å². The summed E-state index contributed by atoms with van der Waals surface area (Å²) in [6.07, 6.45) is 0. The summed E-state index contributed by atoms with van der Waals surface area (Å²) in [5.41, 5.74) is 1.00. The zero-order valence-corrected chi connectivity index (χ0v) is 12.5. The van der Waals surface area contributed by atoms with Crippen molar-refractivity contribution in [1.82, 2.24) is 5.32 Å². The zero-order chi connectivity index (χ0) is 15.6. The maximum Gasteiger partial charge on any atom is 0.308 e. The van der Waals surface area contributed by atoms with E-state index in [4.69, 9.17) is 5.11 Å². The number of amides is 2. The molecular weight excluding hydrogens is 292 g/mol. The van der Waals surface area contributed by atoms with Crippen molar-refractivity contribution in [3.63, 3.8) is 0 Å². The summed E-state index contributed by atoms with van der Waals surface area (Å²) >= 11 is 1.42. The fourth-order valence-electron chi connectivity index (χ4n) is 1.85. The van der Waals surface area contributed by atoms with Gasteiger partial charge >= 0.3 is 5.97 Å². The van der Waals surface area contributed by atoms with Crippen molar-refractivity contribution >= 4 is 35.2 Å². The monoisotopic (exact) mass is 308 g/mol. The van der Waals surface area contributed by atoms with Gasteiger partial charge in [-0.1, -0.05) is 0 Å². The van der Waals surface area contributed by atoms with Gasteiger partial charge in [0.15, 0.2) is 0 Å². The molecule has 2 rings (SSSR count).